The molecule has 1 saturated heterocycles. The molecule has 0 radical (unpaired) electrons. The predicted molar refractivity (Wildman–Crippen MR) is 139 cm³/mol. The molecule has 1 fully saturated rings. The largest absolute Gasteiger partial charge is 0.351 e. The summed E-state index contributed by atoms with van der Waals surface area (Å²) in [6.45, 7) is 4.41. The lowest BCUT2D eigenvalue weighted by molar-refractivity contribution is 0.549. The number of aromatic nitrogens is 2. The van der Waals surface area contributed by atoms with Crippen LogP contribution in [-0.4, -0.2) is 14.7 Å². The fraction of sp³-hybridized carbons (Fsp3) is 0.185. The Kier molecular flexibility index (Phi) is 5.92. The van der Waals surface area contributed by atoms with Gasteiger partial charge in [0.1, 0.15) is 6.04 Å². The Morgan fingerprint density at radius 2 is 1.76 bits per heavy atom. The van der Waals surface area contributed by atoms with Crippen LogP contribution in [0.5, 0.6) is 0 Å². The van der Waals surface area contributed by atoms with Gasteiger partial charge in [-0.2, -0.15) is 0 Å². The van der Waals surface area contributed by atoms with E-state index in [1.165, 1.54) is 5.56 Å². The number of benzene rings is 2. The molecule has 0 saturated carbocycles. The highest BCUT2D eigenvalue weighted by Crippen LogP contribution is 2.42. The molecule has 4 nitrogen and oxygen atoms in total. The van der Waals surface area contributed by atoms with Gasteiger partial charge >= 0.3 is 0 Å². The Morgan fingerprint density at radius 3 is 2.45 bits per heavy atom. The minimum atomic E-state index is -0.101. The number of hydrogen-bond acceptors (Lipinski definition) is 2. The molecular formula is C27H25ClN4S. The van der Waals surface area contributed by atoms with Crippen molar-refractivity contribution in [3.63, 3.8) is 0 Å². The molecule has 0 unspecified atom stereocenters. The van der Waals surface area contributed by atoms with Crippen LogP contribution >= 0.6 is 23.8 Å². The van der Waals surface area contributed by atoms with Gasteiger partial charge in [0, 0.05) is 34.5 Å². The first kappa shape index (κ1) is 21.7. The molecule has 0 aliphatic carbocycles. The molecule has 3 heterocycles. The summed E-state index contributed by atoms with van der Waals surface area (Å²) in [5.41, 5.74) is 5.42. The first-order valence-corrected chi connectivity index (χ1v) is 11.9. The Morgan fingerprint density at radius 1 is 0.939 bits per heavy atom. The molecule has 5 rings (SSSR count). The van der Waals surface area contributed by atoms with Gasteiger partial charge in [0.15, 0.2) is 5.11 Å². The third-order valence-corrected chi connectivity index (χ3v) is 6.66. The van der Waals surface area contributed by atoms with Crippen molar-refractivity contribution < 1.29 is 0 Å². The molecule has 1 aliphatic rings. The van der Waals surface area contributed by atoms with E-state index >= 15 is 0 Å². The average molecular weight is 473 g/mol. The van der Waals surface area contributed by atoms with Crippen molar-refractivity contribution in [3.05, 3.63) is 113 Å². The Balaban J connectivity index is 1.64. The van der Waals surface area contributed by atoms with Crippen molar-refractivity contribution >= 4 is 34.6 Å². The number of nitrogens with zero attached hydrogens (tertiary/aromatic N) is 3. The molecule has 1 aliphatic heterocycles. The first-order chi connectivity index (χ1) is 16.0. The molecule has 166 valence electrons. The minimum absolute atomic E-state index is 0.0914. The maximum Gasteiger partial charge on any atom is 0.174 e. The second-order valence-electron chi connectivity index (χ2n) is 8.53. The van der Waals surface area contributed by atoms with Crippen molar-refractivity contribution in [1.82, 2.24) is 14.9 Å². The SMILES string of the molecule is CC(C)c1ccc(N2C(=S)N[C@H](c3ccccn3)[C@H]2c2cccn2-c2cccc(Cl)c2)cc1. The molecule has 33 heavy (non-hydrogen) atoms. The van der Waals surface area contributed by atoms with E-state index in [0.717, 1.165) is 22.8 Å². The standard InChI is InChI=1S/C27H25ClN4S/c1-18(2)19-11-13-21(14-12-19)32-26(25(30-27(32)33)23-9-3-4-15-29-23)24-10-6-16-31(24)22-8-5-7-20(28)17-22/h3-18,25-26H,1-2H3,(H,30,33)/t25-,26-/m1/s1. The van der Waals surface area contributed by atoms with Crippen molar-refractivity contribution in [2.24, 2.45) is 0 Å². The number of nitrogens with one attached hydrogen (secondary N) is 1. The van der Waals surface area contributed by atoms with Gasteiger partial charge in [-0.25, -0.2) is 0 Å². The van der Waals surface area contributed by atoms with E-state index in [1.807, 2.05) is 42.6 Å². The molecule has 0 amide bonds. The van der Waals surface area contributed by atoms with Gasteiger partial charge in [0.25, 0.3) is 0 Å². The van der Waals surface area contributed by atoms with E-state index in [2.05, 4.69) is 82.3 Å². The fourth-order valence-electron chi connectivity index (χ4n) is 4.45. The molecule has 6 heteroatoms. The van der Waals surface area contributed by atoms with E-state index in [0.29, 0.717) is 16.1 Å². The van der Waals surface area contributed by atoms with Crippen LogP contribution in [-0.2, 0) is 0 Å². The van der Waals surface area contributed by atoms with Crippen LogP contribution in [0.15, 0.2) is 91.3 Å². The molecule has 0 bridgehead atoms. The molecular weight excluding hydrogens is 448 g/mol. The first-order valence-electron chi connectivity index (χ1n) is 11.1. The molecule has 2 aromatic carbocycles. The number of anilines is 1. The van der Waals surface area contributed by atoms with Gasteiger partial charge in [0.2, 0.25) is 0 Å². The zero-order valence-corrected chi connectivity index (χ0v) is 20.1. The lowest BCUT2D eigenvalue weighted by Gasteiger charge is -2.29. The zero-order chi connectivity index (χ0) is 22.9. The number of thiocarbonyl (C=S) groups is 1. The van der Waals surface area contributed by atoms with Crippen molar-refractivity contribution in [3.8, 4) is 5.69 Å². The summed E-state index contributed by atoms with van der Waals surface area (Å²) in [6.07, 6.45) is 3.89. The summed E-state index contributed by atoms with van der Waals surface area (Å²) in [4.78, 5) is 6.86. The van der Waals surface area contributed by atoms with E-state index in [-0.39, 0.29) is 12.1 Å². The van der Waals surface area contributed by atoms with Crippen LogP contribution in [0.25, 0.3) is 5.69 Å². The molecule has 2 atom stereocenters. The highest BCUT2D eigenvalue weighted by atomic mass is 35.5. The lowest BCUT2D eigenvalue weighted by Crippen LogP contribution is -2.30. The minimum Gasteiger partial charge on any atom is -0.351 e. The fourth-order valence-corrected chi connectivity index (χ4v) is 4.98. The second kappa shape index (κ2) is 9.00. The van der Waals surface area contributed by atoms with E-state index in [9.17, 15) is 0 Å². The monoisotopic (exact) mass is 472 g/mol. The summed E-state index contributed by atoms with van der Waals surface area (Å²) in [5, 5.41) is 4.93. The molecule has 2 aromatic heterocycles. The molecule has 0 spiro atoms. The third kappa shape index (κ3) is 4.14. The molecule has 4 aromatic rings. The van der Waals surface area contributed by atoms with Gasteiger partial charge in [-0.15, -0.1) is 0 Å². The predicted octanol–water partition coefficient (Wildman–Crippen LogP) is 6.83. The second-order valence-corrected chi connectivity index (χ2v) is 9.35. The Labute approximate surface area is 204 Å². The number of rotatable bonds is 5. The normalized spacial score (nSPS) is 18.1. The number of pyridine rings is 1. The van der Waals surface area contributed by atoms with Crippen LogP contribution in [0.3, 0.4) is 0 Å². The van der Waals surface area contributed by atoms with Gasteiger partial charge < -0.3 is 14.8 Å². The number of hydrogen-bond donors (Lipinski definition) is 1. The van der Waals surface area contributed by atoms with Gasteiger partial charge in [0.05, 0.1) is 11.7 Å². The summed E-state index contributed by atoms with van der Waals surface area (Å²) in [6, 6.07) is 26.6. The van der Waals surface area contributed by atoms with Crippen LogP contribution in [0.2, 0.25) is 5.02 Å². The quantitative estimate of drug-likeness (QED) is 0.323. The van der Waals surface area contributed by atoms with E-state index < -0.39 is 0 Å². The number of halogens is 1. The van der Waals surface area contributed by atoms with Crippen LogP contribution in [0, 0.1) is 0 Å². The maximum absolute atomic E-state index is 6.32. The van der Waals surface area contributed by atoms with Gasteiger partial charge in [-0.05, 0) is 78.3 Å². The highest BCUT2D eigenvalue weighted by molar-refractivity contribution is 7.80. The lowest BCUT2D eigenvalue weighted by atomic mass is 9.99. The van der Waals surface area contributed by atoms with Crippen LogP contribution in [0.1, 0.15) is 48.8 Å². The Bertz CT molecular complexity index is 1270. The summed E-state index contributed by atoms with van der Waals surface area (Å²) < 4.78 is 2.18. The van der Waals surface area contributed by atoms with Gasteiger partial charge in [-0.3, -0.25) is 4.98 Å². The highest BCUT2D eigenvalue weighted by Gasteiger charge is 2.42. The smallest absolute Gasteiger partial charge is 0.174 e. The average Bonchev–Trinajstić information content (AvgIpc) is 3.44. The topological polar surface area (TPSA) is 33.1 Å². The zero-order valence-electron chi connectivity index (χ0n) is 18.5. The summed E-state index contributed by atoms with van der Waals surface area (Å²) in [5.74, 6) is 0.472. The molecule has 1 N–H and O–H groups in total. The van der Waals surface area contributed by atoms with Crippen molar-refractivity contribution in [1.29, 1.82) is 0 Å². The van der Waals surface area contributed by atoms with Gasteiger partial charge in [-0.1, -0.05) is 49.7 Å². The third-order valence-electron chi connectivity index (χ3n) is 6.11. The summed E-state index contributed by atoms with van der Waals surface area (Å²) >= 11 is 12.2. The van der Waals surface area contributed by atoms with E-state index in [4.69, 9.17) is 23.8 Å². The maximum atomic E-state index is 6.32. The van der Waals surface area contributed by atoms with Crippen molar-refractivity contribution in [2.75, 3.05) is 4.90 Å². The van der Waals surface area contributed by atoms with Crippen LogP contribution in [0.4, 0.5) is 5.69 Å². The Hall–Kier alpha value is -3.15. The van der Waals surface area contributed by atoms with Crippen molar-refractivity contribution in [2.45, 2.75) is 31.8 Å². The van der Waals surface area contributed by atoms with E-state index in [1.54, 1.807) is 0 Å². The van der Waals surface area contributed by atoms with Crippen LogP contribution < -0.4 is 10.2 Å². The summed E-state index contributed by atoms with van der Waals surface area (Å²) in [7, 11) is 0.